The van der Waals surface area contributed by atoms with Gasteiger partial charge in [0.15, 0.2) is 0 Å². The first-order valence-electron chi connectivity index (χ1n) is 5.38. The fourth-order valence-corrected chi connectivity index (χ4v) is 4.55. The van der Waals surface area contributed by atoms with E-state index >= 15 is 0 Å². The van der Waals surface area contributed by atoms with E-state index in [0.29, 0.717) is 0 Å². The molecule has 0 aromatic rings. The van der Waals surface area contributed by atoms with E-state index in [1.54, 1.807) is 0 Å². The van der Waals surface area contributed by atoms with Crippen molar-refractivity contribution in [3.05, 3.63) is 0 Å². The molecule has 1 aliphatic heterocycles. The molecule has 0 aromatic heterocycles. The maximum atomic E-state index is 6.57. The summed E-state index contributed by atoms with van der Waals surface area (Å²) in [5.74, 6) is 0.837. The summed E-state index contributed by atoms with van der Waals surface area (Å²) in [6.45, 7) is 8.66. The summed E-state index contributed by atoms with van der Waals surface area (Å²) in [5.41, 5.74) is 0. The Morgan fingerprint density at radius 3 is 1.93 bits per heavy atom. The minimum atomic E-state index is -2.26. The van der Waals surface area contributed by atoms with Gasteiger partial charge in [0.25, 0.3) is 0 Å². The second-order valence-electron chi connectivity index (χ2n) is 5.46. The smallest absolute Gasteiger partial charge is 0.300 e. The van der Waals surface area contributed by atoms with Crippen LogP contribution in [0.1, 0.15) is 40.5 Å². The van der Waals surface area contributed by atoms with Crippen molar-refractivity contribution in [1.29, 1.82) is 0 Å². The van der Waals surface area contributed by atoms with Crippen LogP contribution < -0.4 is 0 Å². The van der Waals surface area contributed by atoms with E-state index in [0.717, 1.165) is 19.0 Å². The van der Waals surface area contributed by atoms with Gasteiger partial charge in [-0.15, -0.1) is 22.2 Å². The first kappa shape index (κ1) is 12.8. The molecule has 1 rings (SSSR count). The lowest BCUT2D eigenvalue weighted by atomic mass is 10.0. The van der Waals surface area contributed by atoms with Gasteiger partial charge < -0.3 is 0 Å². The summed E-state index contributed by atoms with van der Waals surface area (Å²) >= 11 is 13.1. The van der Waals surface area contributed by atoms with Crippen LogP contribution in [0, 0.1) is 5.92 Å². The molecule has 0 aromatic carbocycles. The van der Waals surface area contributed by atoms with E-state index in [4.69, 9.17) is 22.2 Å². The Hall–Kier alpha value is 0.757. The van der Waals surface area contributed by atoms with Gasteiger partial charge in [-0.1, -0.05) is 27.7 Å². The Balaban J connectivity index is 2.65. The quantitative estimate of drug-likeness (QED) is 0.506. The largest absolute Gasteiger partial charge is 0.330 e. The van der Waals surface area contributed by atoms with Gasteiger partial charge >= 0.3 is 6.86 Å². The molecule has 1 nitrogen and oxygen atoms in total. The molecular formula is C10H21Cl2NSi. The van der Waals surface area contributed by atoms with E-state index in [-0.39, 0.29) is 5.04 Å². The number of rotatable bonds is 1. The summed E-state index contributed by atoms with van der Waals surface area (Å²) in [6, 6.07) is 0. The van der Waals surface area contributed by atoms with Crippen LogP contribution in [-0.2, 0) is 0 Å². The zero-order chi connectivity index (χ0) is 11.0. The number of hydrogen-bond acceptors (Lipinski definition) is 1. The van der Waals surface area contributed by atoms with Gasteiger partial charge in [-0.2, -0.15) is 0 Å². The Kier molecular flexibility index (Phi) is 3.96. The third kappa shape index (κ3) is 2.66. The van der Waals surface area contributed by atoms with Crippen LogP contribution in [0.2, 0.25) is 5.04 Å². The Bertz CT molecular complexity index is 193. The molecule has 1 saturated heterocycles. The Labute approximate surface area is 98.3 Å². The third-order valence-corrected chi connectivity index (χ3v) is 11.0. The van der Waals surface area contributed by atoms with Crippen LogP contribution in [0.25, 0.3) is 0 Å². The number of halogens is 2. The first-order valence-corrected chi connectivity index (χ1v) is 9.35. The van der Waals surface area contributed by atoms with Crippen molar-refractivity contribution in [2.75, 3.05) is 13.1 Å². The van der Waals surface area contributed by atoms with Crippen LogP contribution in [0.15, 0.2) is 0 Å². The van der Waals surface area contributed by atoms with Gasteiger partial charge in [0.2, 0.25) is 0 Å². The molecule has 0 spiro atoms. The van der Waals surface area contributed by atoms with Crippen LogP contribution >= 0.6 is 22.2 Å². The van der Waals surface area contributed by atoms with Crippen LogP contribution in [-0.4, -0.2) is 24.5 Å². The van der Waals surface area contributed by atoms with Crippen molar-refractivity contribution in [3.8, 4) is 0 Å². The Morgan fingerprint density at radius 1 is 1.14 bits per heavy atom. The maximum Gasteiger partial charge on any atom is 0.330 e. The highest BCUT2D eigenvalue weighted by atomic mass is 35.7. The highest BCUT2D eigenvalue weighted by Crippen LogP contribution is 2.45. The second-order valence-corrected chi connectivity index (χ2v) is 12.5. The summed E-state index contributed by atoms with van der Waals surface area (Å²) < 4.78 is 2.34. The molecule has 1 aliphatic rings. The van der Waals surface area contributed by atoms with E-state index < -0.39 is 6.86 Å². The van der Waals surface area contributed by atoms with Crippen molar-refractivity contribution >= 4 is 29.0 Å². The first-order chi connectivity index (χ1) is 6.25. The average Bonchev–Trinajstić information content (AvgIpc) is 2.03. The predicted octanol–water partition coefficient (Wildman–Crippen LogP) is 3.93. The lowest BCUT2D eigenvalue weighted by Gasteiger charge is -2.43. The van der Waals surface area contributed by atoms with Gasteiger partial charge in [0.1, 0.15) is 0 Å². The molecule has 0 aliphatic carbocycles. The number of piperidine rings is 1. The molecule has 0 atom stereocenters. The third-order valence-electron chi connectivity index (χ3n) is 3.08. The lowest BCUT2D eigenvalue weighted by Crippen LogP contribution is -2.54. The van der Waals surface area contributed by atoms with Crippen LogP contribution in [0.4, 0.5) is 0 Å². The zero-order valence-electron chi connectivity index (χ0n) is 9.61. The molecule has 0 unspecified atom stereocenters. The number of hydrogen-bond donors (Lipinski definition) is 0. The molecule has 1 heterocycles. The summed E-state index contributed by atoms with van der Waals surface area (Å²) in [5, 5.41) is 0.0384. The molecule has 84 valence electrons. The average molecular weight is 254 g/mol. The van der Waals surface area contributed by atoms with Crippen molar-refractivity contribution < 1.29 is 0 Å². The maximum absolute atomic E-state index is 6.57. The molecular weight excluding hydrogens is 233 g/mol. The SMILES string of the molecule is CC1CCN([Si](Cl)(Cl)C(C)(C)C)CC1. The standard InChI is InChI=1S/C10H21Cl2NSi/c1-9-5-7-13(8-6-9)14(11,12)10(2,3)4/h9H,5-8H2,1-4H3. The molecule has 0 radical (unpaired) electrons. The van der Waals surface area contributed by atoms with Gasteiger partial charge in [-0.3, -0.25) is 4.57 Å². The molecule has 0 N–H and O–H groups in total. The highest BCUT2D eigenvalue weighted by molar-refractivity contribution is 7.45. The lowest BCUT2D eigenvalue weighted by molar-refractivity contribution is 0.282. The van der Waals surface area contributed by atoms with Crippen LogP contribution in [0.5, 0.6) is 0 Å². The molecule has 14 heavy (non-hydrogen) atoms. The monoisotopic (exact) mass is 253 g/mol. The van der Waals surface area contributed by atoms with Crippen molar-refractivity contribution in [2.24, 2.45) is 5.92 Å². The zero-order valence-corrected chi connectivity index (χ0v) is 12.1. The fraction of sp³-hybridized carbons (Fsp3) is 1.00. The number of nitrogens with zero attached hydrogens (tertiary/aromatic N) is 1. The second kappa shape index (κ2) is 4.32. The Morgan fingerprint density at radius 2 is 1.57 bits per heavy atom. The van der Waals surface area contributed by atoms with Gasteiger partial charge in [-0.05, 0) is 36.9 Å². The molecule has 4 heteroatoms. The summed E-state index contributed by atoms with van der Waals surface area (Å²) in [4.78, 5) is 0. The van der Waals surface area contributed by atoms with Gasteiger partial charge in [0.05, 0.1) is 0 Å². The van der Waals surface area contributed by atoms with Gasteiger partial charge in [0, 0.05) is 0 Å². The summed E-state index contributed by atoms with van der Waals surface area (Å²) in [7, 11) is 0. The fourth-order valence-electron chi connectivity index (χ4n) is 1.76. The van der Waals surface area contributed by atoms with Crippen molar-refractivity contribution in [3.63, 3.8) is 0 Å². The van der Waals surface area contributed by atoms with E-state index in [1.165, 1.54) is 12.8 Å². The normalized spacial score (nSPS) is 22.7. The van der Waals surface area contributed by atoms with Crippen LogP contribution in [0.3, 0.4) is 0 Å². The molecule has 0 amide bonds. The minimum Gasteiger partial charge on any atom is -0.300 e. The highest BCUT2D eigenvalue weighted by Gasteiger charge is 2.48. The van der Waals surface area contributed by atoms with E-state index in [9.17, 15) is 0 Å². The van der Waals surface area contributed by atoms with Crippen molar-refractivity contribution in [1.82, 2.24) is 4.57 Å². The van der Waals surface area contributed by atoms with Gasteiger partial charge in [-0.25, -0.2) is 0 Å². The van der Waals surface area contributed by atoms with Crippen molar-refractivity contribution in [2.45, 2.75) is 45.6 Å². The molecule has 0 bridgehead atoms. The minimum absolute atomic E-state index is 0.0384. The van der Waals surface area contributed by atoms with E-state index in [2.05, 4.69) is 32.3 Å². The van der Waals surface area contributed by atoms with E-state index in [1.807, 2.05) is 0 Å². The molecule has 1 fully saturated rings. The molecule has 0 saturated carbocycles. The topological polar surface area (TPSA) is 3.24 Å². The summed E-state index contributed by atoms with van der Waals surface area (Å²) in [6.07, 6.45) is 2.48. The predicted molar refractivity (Wildman–Crippen MR) is 67.1 cm³/mol.